The van der Waals surface area contributed by atoms with Crippen LogP contribution in [0.15, 0.2) is 77.9 Å². The van der Waals surface area contributed by atoms with Gasteiger partial charge in [0, 0.05) is 10.7 Å². The molecule has 156 valence electrons. The summed E-state index contributed by atoms with van der Waals surface area (Å²) in [4.78, 5) is 36.0. The first-order valence-corrected chi connectivity index (χ1v) is 9.57. The lowest BCUT2D eigenvalue weighted by Crippen LogP contribution is -2.32. The Hall–Kier alpha value is -3.97. The summed E-state index contributed by atoms with van der Waals surface area (Å²) in [6.45, 7) is 1.92. The van der Waals surface area contributed by atoms with E-state index in [0.29, 0.717) is 27.6 Å². The number of aryl methyl sites for hydroxylation is 1. The van der Waals surface area contributed by atoms with E-state index in [9.17, 15) is 14.4 Å². The van der Waals surface area contributed by atoms with Gasteiger partial charge in [0.05, 0.1) is 11.8 Å². The fraction of sp³-hybridized carbons (Fsp3) is 0.0435. The van der Waals surface area contributed by atoms with Gasteiger partial charge in [-0.2, -0.15) is 5.10 Å². The van der Waals surface area contributed by atoms with Crippen molar-refractivity contribution in [2.45, 2.75) is 6.92 Å². The highest BCUT2D eigenvalue weighted by Crippen LogP contribution is 2.16. The summed E-state index contributed by atoms with van der Waals surface area (Å²) in [6.07, 6.45) is 1.33. The number of esters is 1. The predicted molar refractivity (Wildman–Crippen MR) is 118 cm³/mol. The number of benzene rings is 3. The molecule has 0 atom stereocenters. The number of carbonyl (C=O) groups is 3. The standard InChI is InChI=1S/C23H18ClN3O4/c1-15-5-11-19(12-6-15)26-21(28)22(29)27-25-14-16-3-2-4-20(13-16)31-23(30)17-7-9-18(24)10-8-17/h2-14H,1H3,(H,26,28)(H,27,29)/b25-14-. The molecule has 0 saturated heterocycles. The van der Waals surface area contributed by atoms with Crippen molar-refractivity contribution < 1.29 is 19.1 Å². The van der Waals surface area contributed by atoms with Crippen molar-refractivity contribution in [2.24, 2.45) is 5.10 Å². The summed E-state index contributed by atoms with van der Waals surface area (Å²) in [6, 6.07) is 19.9. The molecule has 3 rings (SSSR count). The van der Waals surface area contributed by atoms with Crippen LogP contribution in [0, 0.1) is 6.92 Å². The van der Waals surface area contributed by atoms with Crippen LogP contribution in [0.3, 0.4) is 0 Å². The fourth-order valence-electron chi connectivity index (χ4n) is 2.45. The number of ether oxygens (including phenoxy) is 1. The monoisotopic (exact) mass is 435 g/mol. The van der Waals surface area contributed by atoms with Gasteiger partial charge in [-0.1, -0.05) is 41.4 Å². The molecular formula is C23H18ClN3O4. The number of hydrogen-bond acceptors (Lipinski definition) is 5. The number of nitrogens with zero attached hydrogens (tertiary/aromatic N) is 1. The van der Waals surface area contributed by atoms with Crippen molar-refractivity contribution in [1.82, 2.24) is 5.43 Å². The van der Waals surface area contributed by atoms with Gasteiger partial charge in [-0.05, 0) is 61.0 Å². The van der Waals surface area contributed by atoms with Gasteiger partial charge in [0.25, 0.3) is 0 Å². The first-order valence-electron chi connectivity index (χ1n) is 9.19. The lowest BCUT2D eigenvalue weighted by Gasteiger charge is -2.05. The van der Waals surface area contributed by atoms with Gasteiger partial charge in [-0.15, -0.1) is 0 Å². The highest BCUT2D eigenvalue weighted by atomic mass is 35.5. The van der Waals surface area contributed by atoms with Gasteiger partial charge >= 0.3 is 17.8 Å². The van der Waals surface area contributed by atoms with Gasteiger partial charge < -0.3 is 10.1 Å². The summed E-state index contributed by atoms with van der Waals surface area (Å²) in [5.41, 5.74) is 4.60. The molecule has 0 bridgehead atoms. The largest absolute Gasteiger partial charge is 0.423 e. The summed E-state index contributed by atoms with van der Waals surface area (Å²) in [5, 5.41) is 6.76. The molecule has 31 heavy (non-hydrogen) atoms. The average molecular weight is 436 g/mol. The van der Waals surface area contributed by atoms with Gasteiger partial charge in [-0.25, -0.2) is 10.2 Å². The maximum Gasteiger partial charge on any atom is 0.343 e. The van der Waals surface area contributed by atoms with E-state index < -0.39 is 17.8 Å². The fourth-order valence-corrected chi connectivity index (χ4v) is 2.58. The quantitative estimate of drug-likeness (QED) is 0.208. The number of carbonyl (C=O) groups excluding carboxylic acids is 3. The van der Waals surface area contributed by atoms with Crippen LogP contribution in [0.4, 0.5) is 5.69 Å². The summed E-state index contributed by atoms with van der Waals surface area (Å²) in [7, 11) is 0. The maximum absolute atomic E-state index is 12.2. The Morgan fingerprint density at radius 2 is 1.65 bits per heavy atom. The van der Waals surface area contributed by atoms with Crippen molar-refractivity contribution in [3.8, 4) is 5.75 Å². The van der Waals surface area contributed by atoms with Crippen molar-refractivity contribution in [3.05, 3.63) is 94.5 Å². The minimum Gasteiger partial charge on any atom is -0.423 e. The van der Waals surface area contributed by atoms with E-state index in [1.807, 2.05) is 19.1 Å². The van der Waals surface area contributed by atoms with Gasteiger partial charge in [0.15, 0.2) is 0 Å². The van der Waals surface area contributed by atoms with Gasteiger partial charge in [0.2, 0.25) is 0 Å². The molecule has 3 aromatic rings. The second-order valence-corrected chi connectivity index (χ2v) is 6.92. The highest BCUT2D eigenvalue weighted by molar-refractivity contribution is 6.39. The first kappa shape index (κ1) is 21.7. The van der Waals surface area contributed by atoms with Crippen LogP contribution in [-0.2, 0) is 9.59 Å². The minimum absolute atomic E-state index is 0.298. The molecule has 0 saturated carbocycles. The maximum atomic E-state index is 12.2. The van der Waals surface area contributed by atoms with Gasteiger partial charge in [0.1, 0.15) is 5.75 Å². The van der Waals surface area contributed by atoms with E-state index in [-0.39, 0.29) is 0 Å². The molecule has 0 aliphatic rings. The molecule has 0 radical (unpaired) electrons. The van der Waals surface area contributed by atoms with E-state index in [2.05, 4.69) is 15.8 Å². The third-order valence-corrected chi connectivity index (χ3v) is 4.30. The van der Waals surface area contributed by atoms with Gasteiger partial charge in [-0.3, -0.25) is 9.59 Å². The first-order chi connectivity index (χ1) is 14.9. The minimum atomic E-state index is -0.915. The predicted octanol–water partition coefficient (Wildman–Crippen LogP) is 3.96. The van der Waals surface area contributed by atoms with E-state index in [1.165, 1.54) is 6.21 Å². The number of hydrogen-bond donors (Lipinski definition) is 2. The summed E-state index contributed by atoms with van der Waals surface area (Å²) < 4.78 is 5.33. The number of amides is 2. The number of halogens is 1. The van der Waals surface area contributed by atoms with Crippen LogP contribution in [-0.4, -0.2) is 24.0 Å². The normalized spacial score (nSPS) is 10.5. The Bertz CT molecular complexity index is 1130. The second kappa shape index (κ2) is 10.2. The molecule has 0 spiro atoms. The highest BCUT2D eigenvalue weighted by Gasteiger charge is 2.13. The molecule has 0 aliphatic carbocycles. The molecule has 0 heterocycles. The Morgan fingerprint density at radius 1 is 0.935 bits per heavy atom. The van der Waals surface area contributed by atoms with Crippen molar-refractivity contribution in [1.29, 1.82) is 0 Å². The van der Waals surface area contributed by atoms with E-state index in [1.54, 1.807) is 60.7 Å². The zero-order valence-electron chi connectivity index (χ0n) is 16.5. The molecule has 2 N–H and O–H groups in total. The van der Waals surface area contributed by atoms with Crippen molar-refractivity contribution >= 4 is 41.3 Å². The average Bonchev–Trinajstić information content (AvgIpc) is 2.76. The summed E-state index contributed by atoms with van der Waals surface area (Å²) in [5.74, 6) is -1.99. The van der Waals surface area contributed by atoms with Crippen LogP contribution in [0.5, 0.6) is 5.75 Å². The lowest BCUT2D eigenvalue weighted by atomic mass is 10.2. The van der Waals surface area contributed by atoms with E-state index in [4.69, 9.17) is 16.3 Å². The Balaban J connectivity index is 1.55. The number of anilines is 1. The number of nitrogens with one attached hydrogen (secondary N) is 2. The number of rotatable bonds is 5. The lowest BCUT2D eigenvalue weighted by molar-refractivity contribution is -0.136. The van der Waals surface area contributed by atoms with Crippen molar-refractivity contribution in [2.75, 3.05) is 5.32 Å². The van der Waals surface area contributed by atoms with Crippen LogP contribution >= 0.6 is 11.6 Å². The summed E-state index contributed by atoms with van der Waals surface area (Å²) >= 11 is 5.81. The zero-order chi connectivity index (χ0) is 22.2. The molecule has 0 aliphatic heterocycles. The van der Waals surface area contributed by atoms with Crippen LogP contribution in [0.1, 0.15) is 21.5 Å². The van der Waals surface area contributed by atoms with Crippen LogP contribution in [0.2, 0.25) is 5.02 Å². The SMILES string of the molecule is Cc1ccc(NC(=O)C(=O)N/N=C\c2cccc(OC(=O)c3ccc(Cl)cc3)c2)cc1. The molecular weight excluding hydrogens is 418 g/mol. The Kier molecular flexibility index (Phi) is 7.13. The molecule has 0 aromatic heterocycles. The van der Waals surface area contributed by atoms with E-state index in [0.717, 1.165) is 5.56 Å². The molecule has 2 amide bonds. The zero-order valence-corrected chi connectivity index (χ0v) is 17.2. The topological polar surface area (TPSA) is 96.9 Å². The van der Waals surface area contributed by atoms with Crippen molar-refractivity contribution in [3.63, 3.8) is 0 Å². The smallest absolute Gasteiger partial charge is 0.343 e. The Labute approximate surface area is 183 Å². The molecule has 3 aromatic carbocycles. The number of hydrazone groups is 1. The van der Waals surface area contributed by atoms with Crippen LogP contribution in [0.25, 0.3) is 0 Å². The molecule has 0 fully saturated rings. The third kappa shape index (κ3) is 6.52. The van der Waals surface area contributed by atoms with E-state index >= 15 is 0 Å². The Morgan fingerprint density at radius 3 is 2.35 bits per heavy atom. The molecule has 8 heteroatoms. The third-order valence-electron chi connectivity index (χ3n) is 4.04. The molecule has 7 nitrogen and oxygen atoms in total. The van der Waals surface area contributed by atoms with Crippen LogP contribution < -0.4 is 15.5 Å². The molecule has 0 unspecified atom stereocenters. The second-order valence-electron chi connectivity index (χ2n) is 6.49.